The predicted octanol–water partition coefficient (Wildman–Crippen LogP) is 2.03. The number of rotatable bonds is 3. The molecule has 0 aliphatic carbocycles. The van der Waals surface area contributed by atoms with E-state index in [9.17, 15) is 0 Å². The van der Waals surface area contributed by atoms with Gasteiger partial charge in [-0.2, -0.15) is 0 Å². The van der Waals surface area contributed by atoms with Crippen molar-refractivity contribution in [2.24, 2.45) is 0 Å². The predicted molar refractivity (Wildman–Crippen MR) is 64.2 cm³/mol. The fraction of sp³-hybridized carbons (Fsp3) is 0.143. The number of hydrogen-bond donors (Lipinski definition) is 1. The average molecular weight is 214 g/mol. The SMILES string of the molecule is COc1ccccc1[C@@H]([NH3+])c1ccccc1. The molecule has 0 spiro atoms. The Bertz CT molecular complexity index is 453. The Morgan fingerprint density at radius 1 is 0.938 bits per heavy atom. The van der Waals surface area contributed by atoms with Crippen LogP contribution in [0.5, 0.6) is 5.75 Å². The Hall–Kier alpha value is -1.80. The molecule has 0 radical (unpaired) electrons. The van der Waals surface area contributed by atoms with Gasteiger partial charge in [-0.15, -0.1) is 0 Å². The monoisotopic (exact) mass is 214 g/mol. The van der Waals surface area contributed by atoms with E-state index in [1.807, 2.05) is 36.4 Å². The summed E-state index contributed by atoms with van der Waals surface area (Å²) in [6, 6.07) is 18.4. The first-order valence-electron chi connectivity index (χ1n) is 5.34. The molecule has 0 bridgehead atoms. The van der Waals surface area contributed by atoms with Gasteiger partial charge < -0.3 is 10.5 Å². The molecule has 16 heavy (non-hydrogen) atoms. The lowest BCUT2D eigenvalue weighted by Crippen LogP contribution is -2.54. The largest absolute Gasteiger partial charge is 0.496 e. The molecule has 2 rings (SSSR count). The van der Waals surface area contributed by atoms with Crippen LogP contribution in [-0.2, 0) is 0 Å². The third-order valence-electron chi connectivity index (χ3n) is 2.72. The lowest BCUT2D eigenvalue weighted by atomic mass is 9.99. The Morgan fingerprint density at radius 3 is 2.25 bits per heavy atom. The van der Waals surface area contributed by atoms with Crippen molar-refractivity contribution in [1.29, 1.82) is 0 Å². The summed E-state index contributed by atoms with van der Waals surface area (Å²) in [5.74, 6) is 0.895. The van der Waals surface area contributed by atoms with Gasteiger partial charge in [-0.3, -0.25) is 0 Å². The highest BCUT2D eigenvalue weighted by Crippen LogP contribution is 2.26. The van der Waals surface area contributed by atoms with E-state index in [0.29, 0.717) is 0 Å². The quantitative estimate of drug-likeness (QED) is 0.834. The van der Waals surface area contributed by atoms with Crippen molar-refractivity contribution >= 4 is 0 Å². The van der Waals surface area contributed by atoms with E-state index in [0.717, 1.165) is 11.3 Å². The van der Waals surface area contributed by atoms with Crippen LogP contribution in [0.4, 0.5) is 0 Å². The zero-order valence-electron chi connectivity index (χ0n) is 9.39. The molecule has 0 amide bonds. The van der Waals surface area contributed by atoms with Gasteiger partial charge in [-0.05, 0) is 12.1 Å². The van der Waals surface area contributed by atoms with Crippen LogP contribution in [0, 0.1) is 0 Å². The maximum atomic E-state index is 5.35. The molecule has 0 aliphatic rings. The topological polar surface area (TPSA) is 36.9 Å². The van der Waals surface area contributed by atoms with Gasteiger partial charge in [0.15, 0.2) is 0 Å². The van der Waals surface area contributed by atoms with Crippen LogP contribution in [0.2, 0.25) is 0 Å². The summed E-state index contributed by atoms with van der Waals surface area (Å²) < 4.78 is 5.35. The molecule has 82 valence electrons. The average Bonchev–Trinajstić information content (AvgIpc) is 2.39. The number of hydrogen-bond acceptors (Lipinski definition) is 1. The van der Waals surface area contributed by atoms with Gasteiger partial charge >= 0.3 is 0 Å². The van der Waals surface area contributed by atoms with Gasteiger partial charge in [0.25, 0.3) is 0 Å². The van der Waals surface area contributed by atoms with Crippen molar-refractivity contribution in [1.82, 2.24) is 0 Å². The molecule has 0 fully saturated rings. The van der Waals surface area contributed by atoms with E-state index in [-0.39, 0.29) is 6.04 Å². The van der Waals surface area contributed by atoms with Gasteiger partial charge in [-0.1, -0.05) is 42.5 Å². The molecule has 2 nitrogen and oxygen atoms in total. The summed E-state index contributed by atoms with van der Waals surface area (Å²) in [7, 11) is 1.69. The maximum Gasteiger partial charge on any atom is 0.139 e. The smallest absolute Gasteiger partial charge is 0.139 e. The second-order valence-electron chi connectivity index (χ2n) is 3.71. The zero-order valence-corrected chi connectivity index (χ0v) is 9.39. The van der Waals surface area contributed by atoms with E-state index >= 15 is 0 Å². The van der Waals surface area contributed by atoms with Crippen molar-refractivity contribution in [3.8, 4) is 5.75 Å². The normalized spacial score (nSPS) is 12.1. The third-order valence-corrected chi connectivity index (χ3v) is 2.72. The Balaban J connectivity index is 2.37. The molecule has 2 heteroatoms. The van der Waals surface area contributed by atoms with E-state index < -0.39 is 0 Å². The highest BCUT2D eigenvalue weighted by molar-refractivity contribution is 5.39. The minimum absolute atomic E-state index is 0.109. The molecule has 0 saturated carbocycles. The fourth-order valence-electron chi connectivity index (χ4n) is 1.82. The highest BCUT2D eigenvalue weighted by atomic mass is 16.5. The van der Waals surface area contributed by atoms with Crippen LogP contribution in [-0.4, -0.2) is 7.11 Å². The van der Waals surface area contributed by atoms with Crippen LogP contribution in [0.25, 0.3) is 0 Å². The van der Waals surface area contributed by atoms with E-state index in [1.165, 1.54) is 5.56 Å². The second-order valence-corrected chi connectivity index (χ2v) is 3.71. The van der Waals surface area contributed by atoms with Gasteiger partial charge in [-0.25, -0.2) is 0 Å². The third kappa shape index (κ3) is 2.07. The van der Waals surface area contributed by atoms with Gasteiger partial charge in [0.05, 0.1) is 12.7 Å². The van der Waals surface area contributed by atoms with Crippen molar-refractivity contribution in [2.45, 2.75) is 6.04 Å². The number of benzene rings is 2. The first kappa shape index (κ1) is 10.7. The minimum Gasteiger partial charge on any atom is -0.496 e. The summed E-state index contributed by atoms with van der Waals surface area (Å²) in [6.07, 6.45) is 0. The zero-order chi connectivity index (χ0) is 11.4. The number of quaternary nitrogens is 1. The van der Waals surface area contributed by atoms with Crippen molar-refractivity contribution in [3.05, 3.63) is 65.7 Å². The summed E-state index contributed by atoms with van der Waals surface area (Å²) in [5.41, 5.74) is 6.53. The summed E-state index contributed by atoms with van der Waals surface area (Å²) >= 11 is 0. The first-order valence-corrected chi connectivity index (χ1v) is 5.34. The minimum atomic E-state index is 0.109. The molecule has 1 atom stereocenters. The molecule has 0 saturated heterocycles. The Labute approximate surface area is 95.7 Å². The van der Waals surface area contributed by atoms with Crippen LogP contribution in [0.1, 0.15) is 17.2 Å². The molecular weight excluding hydrogens is 198 g/mol. The molecule has 2 aromatic rings. The van der Waals surface area contributed by atoms with E-state index in [4.69, 9.17) is 4.74 Å². The molecule has 0 aliphatic heterocycles. The van der Waals surface area contributed by atoms with Gasteiger partial charge in [0.1, 0.15) is 11.8 Å². The first-order chi connectivity index (χ1) is 7.83. The molecule has 0 aromatic heterocycles. The Kier molecular flexibility index (Phi) is 3.22. The van der Waals surface area contributed by atoms with Crippen LogP contribution < -0.4 is 10.5 Å². The number of para-hydroxylation sites is 1. The van der Waals surface area contributed by atoms with Gasteiger partial charge in [0.2, 0.25) is 0 Å². The number of ether oxygens (including phenoxy) is 1. The lowest BCUT2D eigenvalue weighted by Gasteiger charge is -2.12. The second kappa shape index (κ2) is 4.81. The molecule has 0 heterocycles. The molecular formula is C14H16NO+. The summed E-state index contributed by atoms with van der Waals surface area (Å²) in [4.78, 5) is 0. The van der Waals surface area contributed by atoms with Gasteiger partial charge in [0, 0.05) is 5.56 Å². The van der Waals surface area contributed by atoms with Crippen LogP contribution in [0.15, 0.2) is 54.6 Å². The summed E-state index contributed by atoms with van der Waals surface area (Å²) in [6.45, 7) is 0. The van der Waals surface area contributed by atoms with E-state index in [1.54, 1.807) is 7.11 Å². The van der Waals surface area contributed by atoms with Crippen LogP contribution >= 0.6 is 0 Å². The fourth-order valence-corrected chi connectivity index (χ4v) is 1.82. The highest BCUT2D eigenvalue weighted by Gasteiger charge is 2.15. The summed E-state index contributed by atoms with van der Waals surface area (Å²) in [5, 5.41) is 0. The lowest BCUT2D eigenvalue weighted by molar-refractivity contribution is -0.411. The van der Waals surface area contributed by atoms with Crippen molar-refractivity contribution < 1.29 is 10.5 Å². The van der Waals surface area contributed by atoms with Crippen LogP contribution in [0.3, 0.4) is 0 Å². The molecule has 2 aromatic carbocycles. The maximum absolute atomic E-state index is 5.35. The van der Waals surface area contributed by atoms with Crippen molar-refractivity contribution in [2.75, 3.05) is 7.11 Å². The molecule has 0 unspecified atom stereocenters. The standard InChI is InChI=1S/C14H15NO/c1-16-13-10-6-5-9-12(13)14(15)11-7-3-2-4-8-11/h2-10,14H,15H2,1H3/p+1/t14-/m0/s1. The Morgan fingerprint density at radius 2 is 1.56 bits per heavy atom. The molecule has 3 N–H and O–H groups in total. The number of methoxy groups -OCH3 is 1. The van der Waals surface area contributed by atoms with E-state index in [2.05, 4.69) is 23.9 Å². The van der Waals surface area contributed by atoms with Crippen molar-refractivity contribution in [3.63, 3.8) is 0 Å².